The first-order chi connectivity index (χ1) is 11.4. The van der Waals surface area contributed by atoms with Crippen molar-refractivity contribution in [1.29, 1.82) is 0 Å². The number of nitrogens with zero attached hydrogens (tertiary/aromatic N) is 3. The fourth-order valence-electron chi connectivity index (χ4n) is 2.02. The molecule has 2 N–H and O–H groups in total. The molecular weight excluding hydrogens is 312 g/mol. The number of hydrogen-bond acceptors (Lipinski definition) is 5. The summed E-state index contributed by atoms with van der Waals surface area (Å²) in [7, 11) is 0. The van der Waals surface area contributed by atoms with Gasteiger partial charge in [-0.1, -0.05) is 35.0 Å². The molecule has 0 aliphatic carbocycles. The normalized spacial score (nSPS) is 10.4. The van der Waals surface area contributed by atoms with Gasteiger partial charge in [-0.2, -0.15) is 0 Å². The number of nitrogens with one attached hydrogen (secondary N) is 1. The van der Waals surface area contributed by atoms with Crippen LogP contribution in [0.15, 0.2) is 30.5 Å². The molecule has 0 bridgehead atoms. The smallest absolute Gasteiger partial charge is 0.325 e. The van der Waals surface area contributed by atoms with Crippen LogP contribution in [0.25, 0.3) is 0 Å². The Morgan fingerprint density at radius 2 is 1.88 bits per heavy atom. The molecule has 0 saturated carbocycles. The highest BCUT2D eigenvalue weighted by atomic mass is 16.4. The minimum absolute atomic E-state index is 0.0793. The van der Waals surface area contributed by atoms with Gasteiger partial charge in [0.05, 0.1) is 12.7 Å². The standard InChI is InChI=1S/C16H18N4O4/c1-11-2-4-12(5-3-11)14(21)6-7-15(22)17-8-13-9-20(19-18-13)10-16(23)24/h2-5,9H,6-8,10H2,1H3,(H,17,22)(H,23,24). The summed E-state index contributed by atoms with van der Waals surface area (Å²) in [6.07, 6.45) is 1.66. The summed E-state index contributed by atoms with van der Waals surface area (Å²) in [4.78, 5) is 34.3. The van der Waals surface area contributed by atoms with Crippen LogP contribution in [0.4, 0.5) is 0 Å². The minimum Gasteiger partial charge on any atom is -0.480 e. The average molecular weight is 330 g/mol. The number of aromatic nitrogens is 3. The Kier molecular flexibility index (Phi) is 5.78. The lowest BCUT2D eigenvalue weighted by atomic mass is 10.1. The molecule has 0 fully saturated rings. The van der Waals surface area contributed by atoms with Gasteiger partial charge in [0.1, 0.15) is 12.2 Å². The number of aryl methyl sites for hydroxylation is 1. The maximum absolute atomic E-state index is 12.0. The average Bonchev–Trinajstić information content (AvgIpc) is 2.98. The Hall–Kier alpha value is -3.03. The summed E-state index contributed by atoms with van der Waals surface area (Å²) < 4.78 is 1.17. The number of benzene rings is 1. The Labute approximate surface area is 138 Å². The van der Waals surface area contributed by atoms with Crippen LogP contribution in [0.5, 0.6) is 0 Å². The van der Waals surface area contributed by atoms with E-state index in [4.69, 9.17) is 5.11 Å². The first-order valence-electron chi connectivity index (χ1n) is 7.41. The van der Waals surface area contributed by atoms with Gasteiger partial charge in [-0.15, -0.1) is 5.10 Å². The van der Waals surface area contributed by atoms with Crippen molar-refractivity contribution >= 4 is 17.7 Å². The predicted molar refractivity (Wildman–Crippen MR) is 84.2 cm³/mol. The zero-order chi connectivity index (χ0) is 17.5. The number of carbonyl (C=O) groups is 3. The van der Waals surface area contributed by atoms with Gasteiger partial charge >= 0.3 is 5.97 Å². The first-order valence-corrected chi connectivity index (χ1v) is 7.41. The van der Waals surface area contributed by atoms with Gasteiger partial charge in [0.25, 0.3) is 0 Å². The first kappa shape index (κ1) is 17.3. The summed E-state index contributed by atoms with van der Waals surface area (Å²) in [5.41, 5.74) is 2.11. The summed E-state index contributed by atoms with van der Waals surface area (Å²) in [6.45, 7) is 1.79. The van der Waals surface area contributed by atoms with Crippen molar-refractivity contribution in [2.24, 2.45) is 0 Å². The van der Waals surface area contributed by atoms with E-state index in [1.54, 1.807) is 12.1 Å². The lowest BCUT2D eigenvalue weighted by Gasteiger charge is -2.03. The van der Waals surface area contributed by atoms with E-state index in [1.165, 1.54) is 10.9 Å². The van der Waals surface area contributed by atoms with Crippen molar-refractivity contribution in [3.05, 3.63) is 47.3 Å². The molecule has 126 valence electrons. The highest BCUT2D eigenvalue weighted by molar-refractivity contribution is 5.97. The summed E-state index contributed by atoms with van der Waals surface area (Å²) in [5, 5.41) is 18.7. The lowest BCUT2D eigenvalue weighted by Crippen LogP contribution is -2.23. The van der Waals surface area contributed by atoms with E-state index in [0.717, 1.165) is 5.56 Å². The molecule has 8 nitrogen and oxygen atoms in total. The van der Waals surface area contributed by atoms with Crippen LogP contribution in [-0.4, -0.2) is 37.8 Å². The largest absolute Gasteiger partial charge is 0.480 e. The van der Waals surface area contributed by atoms with Crippen molar-refractivity contribution in [1.82, 2.24) is 20.3 Å². The van der Waals surface area contributed by atoms with E-state index in [9.17, 15) is 14.4 Å². The number of hydrogen-bond donors (Lipinski definition) is 2. The highest BCUT2D eigenvalue weighted by Gasteiger charge is 2.10. The molecule has 1 aromatic carbocycles. The van der Waals surface area contributed by atoms with Crippen molar-refractivity contribution in [2.45, 2.75) is 32.9 Å². The fraction of sp³-hybridized carbons (Fsp3) is 0.312. The lowest BCUT2D eigenvalue weighted by molar-refractivity contribution is -0.138. The van der Waals surface area contributed by atoms with Gasteiger partial charge in [0, 0.05) is 18.4 Å². The minimum atomic E-state index is -1.02. The summed E-state index contributed by atoms with van der Waals surface area (Å²) in [5.74, 6) is -1.38. The number of carboxylic acids is 1. The second kappa shape index (κ2) is 8.00. The van der Waals surface area contributed by atoms with E-state index in [2.05, 4.69) is 15.6 Å². The third kappa shape index (κ3) is 5.31. The molecule has 24 heavy (non-hydrogen) atoms. The fourth-order valence-corrected chi connectivity index (χ4v) is 2.02. The topological polar surface area (TPSA) is 114 Å². The Morgan fingerprint density at radius 3 is 2.54 bits per heavy atom. The monoisotopic (exact) mass is 330 g/mol. The third-order valence-corrected chi connectivity index (χ3v) is 3.30. The Morgan fingerprint density at radius 1 is 1.17 bits per heavy atom. The molecule has 0 aliphatic rings. The molecule has 2 rings (SSSR count). The number of rotatable bonds is 8. The predicted octanol–water partition coefficient (Wildman–Crippen LogP) is 0.950. The molecule has 1 heterocycles. The van der Waals surface area contributed by atoms with Gasteiger partial charge < -0.3 is 10.4 Å². The van der Waals surface area contributed by atoms with Crippen molar-refractivity contribution in [2.75, 3.05) is 0 Å². The summed E-state index contributed by atoms with van der Waals surface area (Å²) in [6, 6.07) is 7.20. The third-order valence-electron chi connectivity index (χ3n) is 3.30. The van der Waals surface area contributed by atoms with Crippen LogP contribution in [0.2, 0.25) is 0 Å². The van der Waals surface area contributed by atoms with Gasteiger partial charge in [-0.05, 0) is 6.92 Å². The van der Waals surface area contributed by atoms with Gasteiger partial charge in [-0.25, -0.2) is 4.68 Å². The van der Waals surface area contributed by atoms with Crippen LogP contribution >= 0.6 is 0 Å². The molecule has 0 saturated heterocycles. The quantitative estimate of drug-likeness (QED) is 0.697. The highest BCUT2D eigenvalue weighted by Crippen LogP contribution is 2.07. The number of Topliss-reactive ketones (excluding diaryl/α,β-unsaturated/α-hetero) is 1. The second-order valence-electron chi connectivity index (χ2n) is 5.37. The van der Waals surface area contributed by atoms with Crippen molar-refractivity contribution < 1.29 is 19.5 Å². The number of amides is 1. The number of ketones is 1. The molecule has 8 heteroatoms. The molecule has 0 radical (unpaired) electrons. The van der Waals surface area contributed by atoms with E-state index >= 15 is 0 Å². The SMILES string of the molecule is Cc1ccc(C(=O)CCC(=O)NCc2cn(CC(=O)O)nn2)cc1. The Bertz CT molecular complexity index is 737. The van der Waals surface area contributed by atoms with E-state index < -0.39 is 5.97 Å². The van der Waals surface area contributed by atoms with Crippen LogP contribution < -0.4 is 5.32 Å². The van der Waals surface area contributed by atoms with Gasteiger partial charge in [0.2, 0.25) is 5.91 Å². The molecule has 1 amide bonds. The Balaban J connectivity index is 1.75. The number of aliphatic carboxylic acids is 1. The van der Waals surface area contributed by atoms with Crippen LogP contribution in [0.1, 0.15) is 34.5 Å². The molecule has 0 aliphatic heterocycles. The zero-order valence-electron chi connectivity index (χ0n) is 13.2. The zero-order valence-corrected chi connectivity index (χ0v) is 13.2. The summed E-state index contributed by atoms with van der Waals surface area (Å²) >= 11 is 0. The molecule has 0 atom stereocenters. The maximum Gasteiger partial charge on any atom is 0.325 e. The van der Waals surface area contributed by atoms with Crippen LogP contribution in [-0.2, 0) is 22.7 Å². The van der Waals surface area contributed by atoms with Crippen molar-refractivity contribution in [3.63, 3.8) is 0 Å². The number of carboxylic acid groups (broad SMARTS) is 1. The number of carbonyl (C=O) groups excluding carboxylic acids is 2. The van der Waals surface area contributed by atoms with Gasteiger partial charge in [-0.3, -0.25) is 14.4 Å². The maximum atomic E-state index is 12.0. The molecule has 0 spiro atoms. The molecule has 1 aromatic heterocycles. The molecular formula is C16H18N4O4. The molecule has 2 aromatic rings. The van der Waals surface area contributed by atoms with E-state index in [0.29, 0.717) is 11.3 Å². The van der Waals surface area contributed by atoms with Crippen LogP contribution in [0.3, 0.4) is 0 Å². The molecule has 0 unspecified atom stereocenters. The van der Waals surface area contributed by atoms with Crippen molar-refractivity contribution in [3.8, 4) is 0 Å². The van der Waals surface area contributed by atoms with Gasteiger partial charge in [0.15, 0.2) is 5.78 Å². The second-order valence-corrected chi connectivity index (χ2v) is 5.37. The van der Waals surface area contributed by atoms with E-state index in [1.807, 2.05) is 19.1 Å². The van der Waals surface area contributed by atoms with E-state index in [-0.39, 0.29) is 37.6 Å². The van der Waals surface area contributed by atoms with Crippen LogP contribution in [0, 0.1) is 6.92 Å².